The number of rotatable bonds is 6. The van der Waals surface area contributed by atoms with E-state index in [4.69, 9.17) is 10.5 Å². The number of non-ortho nitro benzene ring substituents is 1. The first-order chi connectivity index (χ1) is 13.9. The summed E-state index contributed by atoms with van der Waals surface area (Å²) in [4.78, 5) is 34.7. The highest BCUT2D eigenvalue weighted by Gasteiger charge is 2.16. The molecule has 0 bridgehead atoms. The number of nitrogens with two attached hydrogens (primary N) is 1. The molecule has 3 N–H and O–H groups in total. The van der Waals surface area contributed by atoms with Crippen molar-refractivity contribution in [3.05, 3.63) is 99.6 Å². The zero-order chi connectivity index (χ0) is 20.8. The van der Waals surface area contributed by atoms with Gasteiger partial charge in [0.2, 0.25) is 0 Å². The third-order valence-electron chi connectivity index (χ3n) is 4.09. The fraction of sp³-hybridized carbons (Fsp3) is 0.0476. The summed E-state index contributed by atoms with van der Waals surface area (Å²) in [6.45, 7) is -0.0679. The minimum Gasteiger partial charge on any atom is -0.457 e. The molecule has 29 heavy (non-hydrogen) atoms. The van der Waals surface area contributed by atoms with E-state index < -0.39 is 10.9 Å². The molecular formula is C21H17N3O5. The lowest BCUT2D eigenvalue weighted by Crippen LogP contribution is -2.12. The second-order valence-corrected chi connectivity index (χ2v) is 6.12. The Labute approximate surface area is 166 Å². The van der Waals surface area contributed by atoms with Crippen LogP contribution in [0.5, 0.6) is 0 Å². The lowest BCUT2D eigenvalue weighted by Gasteiger charge is -2.08. The number of esters is 1. The van der Waals surface area contributed by atoms with Gasteiger partial charge in [-0.05, 0) is 35.9 Å². The average Bonchev–Trinajstić information content (AvgIpc) is 2.73. The molecule has 0 saturated carbocycles. The zero-order valence-corrected chi connectivity index (χ0v) is 15.2. The number of nitro benzene ring substituents is 1. The van der Waals surface area contributed by atoms with Crippen LogP contribution in [0.3, 0.4) is 0 Å². The number of carbonyl (C=O) groups is 2. The number of hydrogen-bond donors (Lipinski definition) is 2. The fourth-order valence-corrected chi connectivity index (χ4v) is 2.54. The highest BCUT2D eigenvalue weighted by Crippen LogP contribution is 2.21. The Morgan fingerprint density at radius 1 is 1.00 bits per heavy atom. The third kappa shape index (κ3) is 4.95. The first-order valence-corrected chi connectivity index (χ1v) is 8.60. The summed E-state index contributed by atoms with van der Waals surface area (Å²) < 4.78 is 5.18. The van der Waals surface area contributed by atoms with E-state index in [0.29, 0.717) is 16.8 Å². The molecule has 0 saturated heterocycles. The molecule has 0 aliphatic heterocycles. The first kappa shape index (κ1) is 19.6. The van der Waals surface area contributed by atoms with E-state index in [1.165, 1.54) is 12.1 Å². The van der Waals surface area contributed by atoms with E-state index in [-0.39, 0.29) is 29.5 Å². The van der Waals surface area contributed by atoms with Crippen LogP contribution >= 0.6 is 0 Å². The van der Waals surface area contributed by atoms with Crippen molar-refractivity contribution in [3.8, 4) is 0 Å². The van der Waals surface area contributed by atoms with E-state index >= 15 is 0 Å². The Hall–Kier alpha value is -4.20. The van der Waals surface area contributed by atoms with E-state index in [0.717, 1.165) is 6.07 Å². The minimum atomic E-state index is -0.767. The predicted octanol–water partition coefficient (Wildman–Crippen LogP) is 3.79. The maximum Gasteiger partial charge on any atom is 0.340 e. The highest BCUT2D eigenvalue weighted by molar-refractivity contribution is 6.04. The summed E-state index contributed by atoms with van der Waals surface area (Å²) in [6.07, 6.45) is 0. The largest absolute Gasteiger partial charge is 0.457 e. The van der Waals surface area contributed by atoms with Gasteiger partial charge in [0.25, 0.3) is 11.6 Å². The normalized spacial score (nSPS) is 10.2. The monoisotopic (exact) mass is 391 g/mol. The Bertz CT molecular complexity index is 1050. The number of benzene rings is 3. The van der Waals surface area contributed by atoms with Gasteiger partial charge in [-0.3, -0.25) is 14.9 Å². The van der Waals surface area contributed by atoms with Gasteiger partial charge in [0.1, 0.15) is 6.61 Å². The van der Waals surface area contributed by atoms with Crippen LogP contribution in [-0.4, -0.2) is 16.8 Å². The molecule has 0 heterocycles. The van der Waals surface area contributed by atoms with Crippen LogP contribution in [0.1, 0.15) is 26.3 Å². The van der Waals surface area contributed by atoms with Gasteiger partial charge in [0, 0.05) is 29.1 Å². The number of nitrogen functional groups attached to an aromatic ring is 1. The summed E-state index contributed by atoms with van der Waals surface area (Å²) in [5, 5.41) is 13.6. The third-order valence-corrected chi connectivity index (χ3v) is 4.09. The molecule has 0 aliphatic rings. The number of nitrogens with zero attached hydrogens (tertiary/aromatic N) is 1. The molecule has 1 amide bonds. The lowest BCUT2D eigenvalue weighted by atomic mass is 10.1. The van der Waals surface area contributed by atoms with Crippen LogP contribution in [0.4, 0.5) is 17.1 Å². The van der Waals surface area contributed by atoms with E-state index in [2.05, 4.69) is 5.32 Å². The average molecular weight is 391 g/mol. The number of para-hydroxylation sites is 1. The van der Waals surface area contributed by atoms with Crippen LogP contribution in [0.25, 0.3) is 0 Å². The first-order valence-electron chi connectivity index (χ1n) is 8.60. The smallest absolute Gasteiger partial charge is 0.340 e. The molecule has 0 aliphatic carbocycles. The van der Waals surface area contributed by atoms with Gasteiger partial charge in [-0.2, -0.15) is 0 Å². The summed E-state index contributed by atoms with van der Waals surface area (Å²) in [6, 6.07) is 19.2. The summed E-state index contributed by atoms with van der Waals surface area (Å²) in [7, 11) is 0. The molecule has 3 aromatic rings. The van der Waals surface area contributed by atoms with Gasteiger partial charge in [0.15, 0.2) is 0 Å². The van der Waals surface area contributed by atoms with Gasteiger partial charge in [0.05, 0.1) is 10.5 Å². The Morgan fingerprint density at radius 3 is 2.34 bits per heavy atom. The number of hydrogen-bond acceptors (Lipinski definition) is 6. The van der Waals surface area contributed by atoms with Crippen LogP contribution < -0.4 is 11.1 Å². The molecule has 0 spiro atoms. The summed E-state index contributed by atoms with van der Waals surface area (Å²) >= 11 is 0. The molecular weight excluding hydrogens is 374 g/mol. The minimum absolute atomic E-state index is 0.0679. The van der Waals surface area contributed by atoms with Crippen molar-refractivity contribution in [3.63, 3.8) is 0 Å². The van der Waals surface area contributed by atoms with Crippen molar-refractivity contribution in [1.82, 2.24) is 0 Å². The Morgan fingerprint density at radius 2 is 1.69 bits per heavy atom. The maximum atomic E-state index is 12.2. The molecule has 3 aromatic carbocycles. The molecule has 0 atom stereocenters. The Balaban J connectivity index is 1.62. The fourth-order valence-electron chi connectivity index (χ4n) is 2.54. The van der Waals surface area contributed by atoms with Crippen molar-refractivity contribution in [2.75, 3.05) is 11.1 Å². The topological polar surface area (TPSA) is 125 Å². The highest BCUT2D eigenvalue weighted by atomic mass is 16.6. The SMILES string of the molecule is Nc1ccc([N+](=O)[O-])cc1C(=O)OCc1ccc(C(=O)Nc2ccccc2)cc1. The van der Waals surface area contributed by atoms with E-state index in [1.807, 2.05) is 18.2 Å². The molecule has 0 fully saturated rings. The molecule has 8 nitrogen and oxygen atoms in total. The predicted molar refractivity (Wildman–Crippen MR) is 107 cm³/mol. The lowest BCUT2D eigenvalue weighted by molar-refractivity contribution is -0.384. The Kier molecular flexibility index (Phi) is 5.84. The van der Waals surface area contributed by atoms with E-state index in [1.54, 1.807) is 36.4 Å². The van der Waals surface area contributed by atoms with Gasteiger partial charge < -0.3 is 15.8 Å². The zero-order valence-electron chi connectivity index (χ0n) is 15.2. The van der Waals surface area contributed by atoms with Crippen molar-refractivity contribution in [2.45, 2.75) is 6.61 Å². The van der Waals surface area contributed by atoms with E-state index in [9.17, 15) is 19.7 Å². The molecule has 8 heteroatoms. The molecule has 3 rings (SSSR count). The second kappa shape index (κ2) is 8.66. The van der Waals surface area contributed by atoms with Gasteiger partial charge in [-0.25, -0.2) is 4.79 Å². The molecule has 0 unspecified atom stereocenters. The number of nitrogens with one attached hydrogen (secondary N) is 1. The van der Waals surface area contributed by atoms with Gasteiger partial charge >= 0.3 is 5.97 Å². The van der Waals surface area contributed by atoms with Gasteiger partial charge in [-0.1, -0.05) is 30.3 Å². The molecule has 0 radical (unpaired) electrons. The summed E-state index contributed by atoms with van der Waals surface area (Å²) in [5.74, 6) is -1.03. The van der Waals surface area contributed by atoms with Gasteiger partial charge in [-0.15, -0.1) is 0 Å². The van der Waals surface area contributed by atoms with Crippen LogP contribution in [0, 0.1) is 10.1 Å². The summed E-state index contributed by atoms with van der Waals surface area (Å²) in [5.41, 5.74) is 7.27. The van der Waals surface area contributed by atoms with Crippen molar-refractivity contribution in [2.24, 2.45) is 0 Å². The molecule has 146 valence electrons. The number of nitro groups is 1. The second-order valence-electron chi connectivity index (χ2n) is 6.12. The number of ether oxygens (including phenoxy) is 1. The van der Waals surface area contributed by atoms with Crippen LogP contribution in [0.15, 0.2) is 72.8 Å². The van der Waals surface area contributed by atoms with Crippen molar-refractivity contribution >= 4 is 28.9 Å². The van der Waals surface area contributed by atoms with Crippen LogP contribution in [-0.2, 0) is 11.3 Å². The number of amides is 1. The maximum absolute atomic E-state index is 12.2. The molecule has 0 aromatic heterocycles. The quantitative estimate of drug-likeness (QED) is 0.285. The van der Waals surface area contributed by atoms with Crippen molar-refractivity contribution in [1.29, 1.82) is 0 Å². The van der Waals surface area contributed by atoms with Crippen molar-refractivity contribution < 1.29 is 19.2 Å². The number of carbonyl (C=O) groups excluding carboxylic acids is 2. The number of anilines is 2. The standard InChI is InChI=1S/C21H17N3O5/c22-19-11-10-17(24(27)28)12-18(19)21(26)29-13-14-6-8-15(9-7-14)20(25)23-16-4-2-1-3-5-16/h1-12H,13,22H2,(H,23,25). The van der Waals surface area contributed by atoms with Crippen LogP contribution in [0.2, 0.25) is 0 Å².